The van der Waals surface area contributed by atoms with E-state index in [1.807, 2.05) is 38.1 Å². The normalized spacial score (nSPS) is 12.6. The van der Waals surface area contributed by atoms with Gasteiger partial charge in [0.25, 0.3) is 0 Å². The van der Waals surface area contributed by atoms with Crippen molar-refractivity contribution in [2.24, 2.45) is 5.92 Å². The molecule has 0 saturated heterocycles. The van der Waals surface area contributed by atoms with E-state index in [0.29, 0.717) is 0 Å². The van der Waals surface area contributed by atoms with E-state index in [0.717, 1.165) is 16.5 Å². The molecule has 5 N–H and O–H groups in total. The van der Waals surface area contributed by atoms with Crippen LogP contribution in [0.5, 0.6) is 0 Å². The third-order valence-corrected chi connectivity index (χ3v) is 4.61. The molecule has 1 heterocycles. The number of amides is 2. The number of carboxylic acids is 2. The van der Waals surface area contributed by atoms with Crippen molar-refractivity contribution in [1.29, 1.82) is 0 Å². The maximum Gasteiger partial charge on any atom is 1.00 e. The quantitative estimate of drug-likeness (QED) is 0.265. The number of aromatic nitrogens is 1. The molecular formula is C21H27KN3O6+. The number of para-hydroxylation sites is 1. The van der Waals surface area contributed by atoms with Gasteiger partial charge in [0.2, 0.25) is 11.8 Å². The van der Waals surface area contributed by atoms with Crippen molar-refractivity contribution in [3.8, 4) is 0 Å². The van der Waals surface area contributed by atoms with Gasteiger partial charge in [0.05, 0.1) is 0 Å². The van der Waals surface area contributed by atoms with Crippen LogP contribution < -0.4 is 62.0 Å². The van der Waals surface area contributed by atoms with Gasteiger partial charge in [-0.05, 0) is 24.0 Å². The SMILES string of the molecule is CC(C)CC(=O)NC(CCC(=O)O)C(=O)NC(Cc1c[nH]c2ccccc12)C(=O)O.[K+]. The maximum atomic E-state index is 12.7. The number of H-pyrrole nitrogens is 1. The van der Waals surface area contributed by atoms with Crippen molar-refractivity contribution in [3.05, 3.63) is 36.0 Å². The fraction of sp³-hybridized carbons (Fsp3) is 0.429. The minimum atomic E-state index is -1.23. The van der Waals surface area contributed by atoms with Crippen LogP contribution in [0.2, 0.25) is 0 Å². The van der Waals surface area contributed by atoms with Gasteiger partial charge in [-0.2, -0.15) is 0 Å². The molecule has 0 saturated carbocycles. The largest absolute Gasteiger partial charge is 1.00 e. The monoisotopic (exact) mass is 456 g/mol. The summed E-state index contributed by atoms with van der Waals surface area (Å²) >= 11 is 0. The molecule has 2 amide bonds. The summed E-state index contributed by atoms with van der Waals surface area (Å²) in [6.07, 6.45) is 1.44. The van der Waals surface area contributed by atoms with Crippen LogP contribution >= 0.6 is 0 Å². The number of nitrogens with one attached hydrogen (secondary N) is 3. The number of aromatic amines is 1. The van der Waals surface area contributed by atoms with Crippen molar-refractivity contribution in [3.63, 3.8) is 0 Å². The number of rotatable bonds is 11. The van der Waals surface area contributed by atoms with Crippen molar-refractivity contribution >= 4 is 34.7 Å². The van der Waals surface area contributed by atoms with Gasteiger partial charge in [0.15, 0.2) is 0 Å². The summed E-state index contributed by atoms with van der Waals surface area (Å²) in [7, 11) is 0. The molecular weight excluding hydrogens is 429 g/mol. The van der Waals surface area contributed by atoms with Crippen molar-refractivity contribution < 1.29 is 80.8 Å². The third-order valence-electron chi connectivity index (χ3n) is 4.61. The van der Waals surface area contributed by atoms with Crippen LogP contribution in [0, 0.1) is 5.92 Å². The molecule has 2 rings (SSSR count). The molecule has 1 aromatic carbocycles. The van der Waals surface area contributed by atoms with E-state index >= 15 is 0 Å². The van der Waals surface area contributed by atoms with E-state index in [-0.39, 0.29) is 88.9 Å². The Morgan fingerprint density at radius 2 is 1.71 bits per heavy atom. The number of carbonyl (C=O) groups excluding carboxylic acids is 2. The molecule has 2 aromatic rings. The van der Waals surface area contributed by atoms with Crippen LogP contribution in [-0.4, -0.2) is 51.0 Å². The molecule has 0 radical (unpaired) electrons. The molecule has 0 aliphatic rings. The van der Waals surface area contributed by atoms with Gasteiger partial charge in [-0.1, -0.05) is 32.0 Å². The second-order valence-corrected chi connectivity index (χ2v) is 7.61. The average molecular weight is 457 g/mol. The zero-order valence-electron chi connectivity index (χ0n) is 18.0. The summed E-state index contributed by atoms with van der Waals surface area (Å²) in [6, 6.07) is 5.04. The molecule has 31 heavy (non-hydrogen) atoms. The number of hydrogen-bond acceptors (Lipinski definition) is 4. The van der Waals surface area contributed by atoms with Crippen molar-refractivity contribution in [2.75, 3.05) is 0 Å². The Morgan fingerprint density at radius 1 is 1.03 bits per heavy atom. The first-order chi connectivity index (χ1) is 14.2. The number of hydrogen-bond donors (Lipinski definition) is 5. The van der Waals surface area contributed by atoms with Gasteiger partial charge in [-0.3, -0.25) is 14.4 Å². The maximum absolute atomic E-state index is 12.7. The van der Waals surface area contributed by atoms with Gasteiger partial charge in [0, 0.05) is 36.4 Å². The molecule has 10 heteroatoms. The number of benzene rings is 1. The summed E-state index contributed by atoms with van der Waals surface area (Å²) < 4.78 is 0. The van der Waals surface area contributed by atoms with E-state index in [4.69, 9.17) is 5.11 Å². The zero-order chi connectivity index (χ0) is 22.3. The van der Waals surface area contributed by atoms with E-state index in [2.05, 4.69) is 15.6 Å². The summed E-state index contributed by atoms with van der Waals surface area (Å²) in [5.74, 6) is -3.39. The van der Waals surface area contributed by atoms with Gasteiger partial charge < -0.3 is 25.8 Å². The molecule has 2 atom stereocenters. The molecule has 162 valence electrons. The van der Waals surface area contributed by atoms with Crippen LogP contribution in [0.1, 0.15) is 38.7 Å². The van der Waals surface area contributed by atoms with Gasteiger partial charge in [-0.15, -0.1) is 0 Å². The van der Waals surface area contributed by atoms with Crippen LogP contribution in [-0.2, 0) is 25.6 Å². The van der Waals surface area contributed by atoms with Crippen LogP contribution in [0.25, 0.3) is 10.9 Å². The minimum Gasteiger partial charge on any atom is -0.481 e. The van der Waals surface area contributed by atoms with E-state index in [1.54, 1.807) is 6.20 Å². The predicted molar refractivity (Wildman–Crippen MR) is 110 cm³/mol. The summed E-state index contributed by atoms with van der Waals surface area (Å²) in [5.41, 5.74) is 1.58. The molecule has 0 fully saturated rings. The first-order valence-corrected chi connectivity index (χ1v) is 9.76. The fourth-order valence-electron chi connectivity index (χ4n) is 3.15. The first kappa shape index (κ1) is 27.3. The fourth-order valence-corrected chi connectivity index (χ4v) is 3.15. The van der Waals surface area contributed by atoms with E-state index in [1.165, 1.54) is 0 Å². The van der Waals surface area contributed by atoms with Crippen molar-refractivity contribution in [1.82, 2.24) is 15.6 Å². The Labute approximate surface area is 222 Å². The van der Waals surface area contributed by atoms with E-state index < -0.39 is 29.9 Å². The summed E-state index contributed by atoms with van der Waals surface area (Å²) in [6.45, 7) is 3.68. The average Bonchev–Trinajstić information content (AvgIpc) is 3.06. The van der Waals surface area contributed by atoms with Gasteiger partial charge in [-0.25, -0.2) is 4.79 Å². The number of aliphatic carboxylic acids is 2. The molecule has 9 nitrogen and oxygen atoms in total. The second-order valence-electron chi connectivity index (χ2n) is 7.61. The Morgan fingerprint density at radius 3 is 2.32 bits per heavy atom. The molecule has 0 aliphatic carbocycles. The molecule has 1 aromatic heterocycles. The number of carboxylic acid groups (broad SMARTS) is 2. The molecule has 0 aliphatic heterocycles. The summed E-state index contributed by atoms with van der Waals surface area (Å²) in [5, 5.41) is 24.3. The van der Waals surface area contributed by atoms with Gasteiger partial charge >= 0.3 is 63.3 Å². The second kappa shape index (κ2) is 13.0. The number of carbonyl (C=O) groups is 4. The zero-order valence-corrected chi connectivity index (χ0v) is 21.1. The first-order valence-electron chi connectivity index (χ1n) is 9.76. The third kappa shape index (κ3) is 8.74. The van der Waals surface area contributed by atoms with E-state index in [9.17, 15) is 24.3 Å². The van der Waals surface area contributed by atoms with Crippen LogP contribution in [0.4, 0.5) is 0 Å². The molecule has 2 unspecified atom stereocenters. The Bertz CT molecular complexity index is 927. The van der Waals surface area contributed by atoms with Gasteiger partial charge in [0.1, 0.15) is 12.1 Å². The minimum absolute atomic E-state index is 0. The topological polar surface area (TPSA) is 149 Å². The van der Waals surface area contributed by atoms with Crippen LogP contribution in [0.15, 0.2) is 30.5 Å². The Kier molecular flexibility index (Phi) is 11.4. The van der Waals surface area contributed by atoms with Crippen molar-refractivity contribution in [2.45, 2.75) is 51.6 Å². The molecule has 0 spiro atoms. The summed E-state index contributed by atoms with van der Waals surface area (Å²) in [4.78, 5) is 50.5. The molecule has 0 bridgehead atoms. The van der Waals surface area contributed by atoms with Crippen LogP contribution in [0.3, 0.4) is 0 Å². The predicted octanol–water partition coefficient (Wildman–Crippen LogP) is -1.32. The number of fused-ring (bicyclic) bond motifs is 1. The Balaban J connectivity index is 0.00000480. The smallest absolute Gasteiger partial charge is 0.481 e. The standard InChI is InChI=1S/C21H27N3O6.K/c1-12(2)9-18(25)23-16(7-8-19(26)27)20(28)24-17(21(29)30)10-13-11-22-15-6-4-3-5-14(13)15;/h3-6,11-12,16-17,22H,7-10H2,1-2H3,(H,23,25)(H,24,28)(H,26,27)(H,29,30);/q;+1. The Hall–Kier alpha value is -1.72.